The van der Waals surface area contributed by atoms with Crippen molar-refractivity contribution in [3.63, 3.8) is 0 Å². The number of benzene rings is 3. The highest BCUT2D eigenvalue weighted by atomic mass is 16.1. The fourth-order valence-corrected chi connectivity index (χ4v) is 7.39. The summed E-state index contributed by atoms with van der Waals surface area (Å²) in [7, 11) is 0. The molecule has 2 saturated carbocycles. The number of Topliss-reactive ketones (excluding diaryl/α,β-unsaturated/α-hetero) is 1. The maximum atomic E-state index is 13.8. The second-order valence-electron chi connectivity index (χ2n) is 11.2. The number of hydrogen-bond donors (Lipinski definition) is 1. The van der Waals surface area contributed by atoms with Gasteiger partial charge in [0.05, 0.1) is 5.70 Å². The molecule has 0 amide bonds. The van der Waals surface area contributed by atoms with E-state index in [1.807, 2.05) is 18.2 Å². The van der Waals surface area contributed by atoms with Crippen LogP contribution < -0.4 is 5.32 Å². The molecule has 2 fully saturated rings. The summed E-state index contributed by atoms with van der Waals surface area (Å²) in [6.07, 6.45) is 6.25. The Morgan fingerprint density at radius 3 is 2.45 bits per heavy atom. The van der Waals surface area contributed by atoms with Crippen LogP contribution in [0.15, 0.2) is 77.9 Å². The molecule has 0 saturated heterocycles. The maximum absolute atomic E-state index is 13.8. The summed E-state index contributed by atoms with van der Waals surface area (Å²) in [5.74, 6) is 0.901. The van der Waals surface area contributed by atoms with E-state index in [0.29, 0.717) is 5.41 Å². The van der Waals surface area contributed by atoms with E-state index in [4.69, 9.17) is 0 Å². The molecule has 0 radical (unpaired) electrons. The summed E-state index contributed by atoms with van der Waals surface area (Å²) in [4.78, 5) is 13.8. The number of ketones is 1. The molecule has 2 heteroatoms. The van der Waals surface area contributed by atoms with E-state index in [0.717, 1.165) is 40.4 Å². The number of allylic oxidation sites excluding steroid dienone is 3. The smallest absolute Gasteiger partial charge is 0.192 e. The lowest BCUT2D eigenvalue weighted by molar-refractivity contribution is 0.103. The summed E-state index contributed by atoms with van der Waals surface area (Å²) < 4.78 is 0. The molecule has 3 unspecified atom stereocenters. The Labute approximate surface area is 195 Å². The van der Waals surface area contributed by atoms with Crippen LogP contribution in [0.1, 0.15) is 67.4 Å². The Kier molecular flexibility index (Phi) is 3.67. The van der Waals surface area contributed by atoms with Gasteiger partial charge >= 0.3 is 0 Å². The Morgan fingerprint density at radius 1 is 0.939 bits per heavy atom. The molecule has 164 valence electrons. The van der Waals surface area contributed by atoms with Gasteiger partial charge in [-0.1, -0.05) is 87.0 Å². The molecule has 33 heavy (non-hydrogen) atoms. The number of anilines is 1. The van der Waals surface area contributed by atoms with Crippen molar-refractivity contribution in [3.8, 4) is 0 Å². The second kappa shape index (κ2) is 6.26. The van der Waals surface area contributed by atoms with Gasteiger partial charge in [-0.2, -0.15) is 0 Å². The summed E-state index contributed by atoms with van der Waals surface area (Å²) in [6, 6.07) is 21.1. The van der Waals surface area contributed by atoms with Gasteiger partial charge in [-0.05, 0) is 58.4 Å². The van der Waals surface area contributed by atoms with E-state index in [9.17, 15) is 4.79 Å². The third-order valence-corrected chi connectivity index (χ3v) is 9.79. The van der Waals surface area contributed by atoms with Crippen LogP contribution in [0.3, 0.4) is 0 Å². The minimum atomic E-state index is -0.0239. The SMILES string of the molecule is CC12CCC(CC1=CC1C3=C(Nc4ccc5ccccc5c41)c1ccccc1C3=O)C2(C)C. The Balaban J connectivity index is 1.50. The first-order chi connectivity index (χ1) is 15.9. The van der Waals surface area contributed by atoms with Gasteiger partial charge in [0, 0.05) is 28.3 Å². The van der Waals surface area contributed by atoms with Crippen molar-refractivity contribution < 1.29 is 4.79 Å². The van der Waals surface area contributed by atoms with Crippen molar-refractivity contribution in [2.24, 2.45) is 16.7 Å². The third-order valence-electron chi connectivity index (χ3n) is 9.79. The molecule has 3 aromatic carbocycles. The van der Waals surface area contributed by atoms with Crippen LogP contribution in [-0.2, 0) is 0 Å². The van der Waals surface area contributed by atoms with Crippen molar-refractivity contribution in [3.05, 3.63) is 94.6 Å². The predicted octanol–water partition coefficient (Wildman–Crippen LogP) is 7.73. The monoisotopic (exact) mass is 431 g/mol. The van der Waals surface area contributed by atoms with Crippen molar-refractivity contribution in [1.82, 2.24) is 0 Å². The fraction of sp³-hybridized carbons (Fsp3) is 0.323. The van der Waals surface area contributed by atoms with Crippen LogP contribution in [0.25, 0.3) is 16.5 Å². The molecule has 2 nitrogen and oxygen atoms in total. The number of carbonyl (C=O) groups is 1. The van der Waals surface area contributed by atoms with Gasteiger partial charge in [-0.25, -0.2) is 0 Å². The highest BCUT2D eigenvalue weighted by Crippen LogP contribution is 2.68. The zero-order valence-electron chi connectivity index (χ0n) is 19.5. The van der Waals surface area contributed by atoms with Crippen molar-refractivity contribution >= 4 is 27.9 Å². The Hall–Kier alpha value is -3.13. The molecule has 4 aliphatic rings. The van der Waals surface area contributed by atoms with Crippen LogP contribution in [0.5, 0.6) is 0 Å². The number of nitrogens with one attached hydrogen (secondary N) is 1. The summed E-state index contributed by atoms with van der Waals surface area (Å²) in [5, 5.41) is 6.15. The lowest BCUT2D eigenvalue weighted by Crippen LogP contribution is -2.28. The van der Waals surface area contributed by atoms with Crippen LogP contribution in [0.2, 0.25) is 0 Å². The van der Waals surface area contributed by atoms with E-state index < -0.39 is 0 Å². The number of hydrogen-bond acceptors (Lipinski definition) is 2. The first-order valence-corrected chi connectivity index (χ1v) is 12.3. The van der Waals surface area contributed by atoms with Gasteiger partial charge in [0.25, 0.3) is 0 Å². The minimum absolute atomic E-state index is 0.0239. The van der Waals surface area contributed by atoms with E-state index in [1.54, 1.807) is 5.57 Å². The standard InChI is InChI=1S/C31H29NO/c1-30(2)19-14-15-31(30,3)20(16-19)17-24-26-21-9-5-4-8-18(21)12-13-25(26)32-28-22-10-6-7-11-23(22)29(33)27(24)28/h4-13,17,19,24,32H,14-16H2,1-3H3. The molecule has 1 aliphatic heterocycles. The molecule has 1 N–H and O–H groups in total. The van der Waals surface area contributed by atoms with Crippen LogP contribution in [0, 0.1) is 16.7 Å². The van der Waals surface area contributed by atoms with Crippen molar-refractivity contribution in [2.75, 3.05) is 5.32 Å². The zero-order chi connectivity index (χ0) is 22.5. The Morgan fingerprint density at radius 2 is 1.70 bits per heavy atom. The highest BCUT2D eigenvalue weighted by Gasteiger charge is 2.59. The average Bonchev–Trinajstić information content (AvgIpc) is 3.31. The first-order valence-electron chi connectivity index (χ1n) is 12.3. The number of rotatable bonds is 1. The molecule has 7 rings (SSSR count). The molecule has 1 heterocycles. The fourth-order valence-electron chi connectivity index (χ4n) is 7.39. The number of carbonyl (C=O) groups excluding carboxylic acids is 1. The summed E-state index contributed by atoms with van der Waals surface area (Å²) in [5.41, 5.74) is 8.27. The summed E-state index contributed by atoms with van der Waals surface area (Å²) >= 11 is 0. The van der Waals surface area contributed by atoms with Gasteiger partial charge < -0.3 is 5.32 Å². The second-order valence-corrected chi connectivity index (χ2v) is 11.2. The zero-order valence-corrected chi connectivity index (χ0v) is 19.5. The van der Waals surface area contributed by atoms with Crippen LogP contribution in [0.4, 0.5) is 5.69 Å². The lowest BCUT2D eigenvalue weighted by atomic mass is 9.68. The minimum Gasteiger partial charge on any atom is -0.354 e. The maximum Gasteiger partial charge on any atom is 0.192 e. The Bertz CT molecular complexity index is 1440. The average molecular weight is 432 g/mol. The van der Waals surface area contributed by atoms with Crippen LogP contribution in [-0.4, -0.2) is 5.78 Å². The number of fused-ring (bicyclic) bond motifs is 7. The van der Waals surface area contributed by atoms with Crippen molar-refractivity contribution in [2.45, 2.75) is 46.0 Å². The van der Waals surface area contributed by atoms with Gasteiger partial charge in [-0.15, -0.1) is 0 Å². The van der Waals surface area contributed by atoms with E-state index >= 15 is 0 Å². The molecular formula is C31H29NO. The van der Waals surface area contributed by atoms with Gasteiger partial charge in [-0.3, -0.25) is 4.79 Å². The molecule has 3 aromatic rings. The van der Waals surface area contributed by atoms with E-state index in [-0.39, 0.29) is 17.1 Å². The molecule has 2 bridgehead atoms. The quantitative estimate of drug-likeness (QED) is 0.399. The predicted molar refractivity (Wildman–Crippen MR) is 135 cm³/mol. The molecule has 0 spiro atoms. The van der Waals surface area contributed by atoms with E-state index in [1.165, 1.54) is 29.2 Å². The highest BCUT2D eigenvalue weighted by molar-refractivity contribution is 6.24. The third kappa shape index (κ3) is 2.32. The largest absolute Gasteiger partial charge is 0.354 e. The molecule has 3 atom stereocenters. The van der Waals surface area contributed by atoms with Crippen LogP contribution >= 0.6 is 0 Å². The van der Waals surface area contributed by atoms with Gasteiger partial charge in [0.2, 0.25) is 0 Å². The van der Waals surface area contributed by atoms with E-state index in [2.05, 4.69) is 74.6 Å². The summed E-state index contributed by atoms with van der Waals surface area (Å²) in [6.45, 7) is 7.38. The normalized spacial score (nSPS) is 29.9. The lowest BCUT2D eigenvalue weighted by Gasteiger charge is -2.37. The van der Waals surface area contributed by atoms with Gasteiger partial charge in [0.15, 0.2) is 5.78 Å². The molecular weight excluding hydrogens is 402 g/mol. The van der Waals surface area contributed by atoms with Gasteiger partial charge in [0.1, 0.15) is 0 Å². The topological polar surface area (TPSA) is 29.1 Å². The van der Waals surface area contributed by atoms with Crippen molar-refractivity contribution in [1.29, 1.82) is 0 Å². The molecule has 0 aromatic heterocycles. The first kappa shape index (κ1) is 19.3. The molecule has 3 aliphatic carbocycles.